The average molecular weight is 322 g/mol. The van der Waals surface area contributed by atoms with E-state index in [2.05, 4.69) is 5.32 Å². The highest BCUT2D eigenvalue weighted by molar-refractivity contribution is 7.84. The van der Waals surface area contributed by atoms with Crippen molar-refractivity contribution in [2.45, 2.75) is 25.9 Å². The average Bonchev–Trinajstić information content (AvgIpc) is 2.39. The molecule has 3 N–H and O–H groups in total. The van der Waals surface area contributed by atoms with E-state index in [9.17, 15) is 22.2 Å². The number of nitrogens with two attached hydrogens (primary N) is 1. The fourth-order valence-electron chi connectivity index (χ4n) is 1.64. The Balaban J connectivity index is 2.63. The molecule has 8 heteroatoms. The smallest absolute Gasteiger partial charge is 0.398 e. The van der Waals surface area contributed by atoms with Gasteiger partial charge in [0.1, 0.15) is 0 Å². The van der Waals surface area contributed by atoms with Gasteiger partial charge < -0.3 is 11.1 Å². The quantitative estimate of drug-likeness (QED) is 0.791. The lowest BCUT2D eigenvalue weighted by Crippen LogP contribution is -2.15. The molecule has 1 atom stereocenters. The maximum atomic E-state index is 12.7. The molecule has 118 valence electrons. The third kappa shape index (κ3) is 5.74. The minimum absolute atomic E-state index is 0.0399. The second-order valence-corrected chi connectivity index (χ2v) is 6.25. The van der Waals surface area contributed by atoms with Crippen LogP contribution < -0.4 is 11.1 Å². The van der Waals surface area contributed by atoms with Crippen LogP contribution in [-0.2, 0) is 21.8 Å². The fraction of sp³-hybridized carbons (Fsp3) is 0.462. The van der Waals surface area contributed by atoms with E-state index in [1.54, 1.807) is 6.92 Å². The highest BCUT2D eigenvalue weighted by Crippen LogP contribution is 2.35. The predicted octanol–water partition coefficient (Wildman–Crippen LogP) is 2.77. The number of halogens is 3. The molecule has 0 aliphatic heterocycles. The monoisotopic (exact) mass is 322 g/mol. The van der Waals surface area contributed by atoms with Gasteiger partial charge in [-0.15, -0.1) is 0 Å². The number of hydrogen-bond donors (Lipinski definition) is 2. The Hall–Kier alpha value is -1.57. The second-order valence-electron chi connectivity index (χ2n) is 4.38. The van der Waals surface area contributed by atoms with Gasteiger partial charge in [0.05, 0.1) is 5.56 Å². The number of nitrogens with one attached hydrogen (secondary N) is 1. The first kappa shape index (κ1) is 17.5. The Morgan fingerprint density at radius 3 is 2.62 bits per heavy atom. The van der Waals surface area contributed by atoms with Gasteiger partial charge in [-0.05, 0) is 24.6 Å². The van der Waals surface area contributed by atoms with Crippen molar-refractivity contribution in [1.29, 1.82) is 0 Å². The van der Waals surface area contributed by atoms with Crippen LogP contribution in [0.25, 0.3) is 0 Å². The Kier molecular flexibility index (Phi) is 6.19. The van der Waals surface area contributed by atoms with Crippen molar-refractivity contribution in [2.75, 3.05) is 22.6 Å². The van der Waals surface area contributed by atoms with E-state index in [-0.39, 0.29) is 17.8 Å². The number of carbonyl (C=O) groups excluding carboxylic acids is 1. The van der Waals surface area contributed by atoms with Gasteiger partial charge in [-0.1, -0.05) is 6.92 Å². The van der Waals surface area contributed by atoms with Crippen molar-refractivity contribution in [3.8, 4) is 0 Å². The summed E-state index contributed by atoms with van der Waals surface area (Å²) < 4.78 is 49.2. The number of anilines is 2. The molecule has 0 spiro atoms. The zero-order valence-corrected chi connectivity index (χ0v) is 12.3. The number of carbonyl (C=O) groups is 1. The van der Waals surface area contributed by atoms with Crippen LogP contribution >= 0.6 is 0 Å². The van der Waals surface area contributed by atoms with E-state index in [1.807, 2.05) is 0 Å². The topological polar surface area (TPSA) is 72.2 Å². The number of alkyl halides is 3. The van der Waals surface area contributed by atoms with Crippen LogP contribution in [0.15, 0.2) is 18.2 Å². The van der Waals surface area contributed by atoms with E-state index < -0.39 is 28.4 Å². The molecule has 0 bridgehead atoms. The van der Waals surface area contributed by atoms with Crippen molar-refractivity contribution < 1.29 is 22.2 Å². The normalized spacial score (nSPS) is 13.0. The SMILES string of the molecule is CCS(=O)CCCC(=O)Nc1ccc(N)c(C(F)(F)F)c1. The molecule has 1 rings (SSSR count). The van der Waals surface area contributed by atoms with Crippen LogP contribution in [0, 0.1) is 0 Å². The summed E-state index contributed by atoms with van der Waals surface area (Å²) in [5.41, 5.74) is 3.94. The van der Waals surface area contributed by atoms with Gasteiger partial charge in [-0.25, -0.2) is 0 Å². The lowest BCUT2D eigenvalue weighted by molar-refractivity contribution is -0.136. The zero-order valence-electron chi connectivity index (χ0n) is 11.5. The summed E-state index contributed by atoms with van der Waals surface area (Å²) in [6.07, 6.45) is -4.03. The number of hydrogen-bond acceptors (Lipinski definition) is 3. The van der Waals surface area contributed by atoms with Crippen molar-refractivity contribution >= 4 is 28.1 Å². The van der Waals surface area contributed by atoms with Crippen molar-refractivity contribution in [3.63, 3.8) is 0 Å². The summed E-state index contributed by atoms with van der Waals surface area (Å²) in [4.78, 5) is 11.6. The van der Waals surface area contributed by atoms with Crippen molar-refractivity contribution in [3.05, 3.63) is 23.8 Å². The Bertz CT molecular complexity index is 533. The van der Waals surface area contributed by atoms with Gasteiger partial charge in [0.25, 0.3) is 0 Å². The molecule has 0 saturated carbocycles. The van der Waals surface area contributed by atoms with Gasteiger partial charge in [-0.2, -0.15) is 13.2 Å². The van der Waals surface area contributed by atoms with Crippen LogP contribution in [0.5, 0.6) is 0 Å². The molecule has 1 aromatic rings. The van der Waals surface area contributed by atoms with E-state index in [4.69, 9.17) is 5.73 Å². The van der Waals surface area contributed by atoms with E-state index in [1.165, 1.54) is 6.07 Å². The molecule has 0 aliphatic carbocycles. The van der Waals surface area contributed by atoms with Crippen LogP contribution in [0.2, 0.25) is 0 Å². The first-order chi connectivity index (χ1) is 9.74. The van der Waals surface area contributed by atoms with Crippen LogP contribution in [0.4, 0.5) is 24.5 Å². The van der Waals surface area contributed by atoms with Gasteiger partial charge in [0.15, 0.2) is 0 Å². The number of nitrogen functional groups attached to an aromatic ring is 1. The standard InChI is InChI=1S/C13H17F3N2O2S/c1-2-21(20)7-3-4-12(19)18-9-5-6-11(17)10(8-9)13(14,15)16/h5-6,8H,2-4,7,17H2,1H3,(H,18,19). The minimum Gasteiger partial charge on any atom is -0.398 e. The van der Waals surface area contributed by atoms with Gasteiger partial charge in [0, 0.05) is 40.1 Å². The molecule has 1 unspecified atom stereocenters. The van der Waals surface area contributed by atoms with Crippen LogP contribution in [-0.4, -0.2) is 21.6 Å². The predicted molar refractivity (Wildman–Crippen MR) is 77.3 cm³/mol. The molecule has 0 fully saturated rings. The van der Waals surface area contributed by atoms with Crippen LogP contribution in [0.1, 0.15) is 25.3 Å². The molecule has 0 heterocycles. The first-order valence-electron chi connectivity index (χ1n) is 6.35. The maximum Gasteiger partial charge on any atom is 0.418 e. The molecule has 0 aromatic heterocycles. The summed E-state index contributed by atoms with van der Waals surface area (Å²) >= 11 is 0. The van der Waals surface area contributed by atoms with Crippen LogP contribution in [0.3, 0.4) is 0 Å². The number of benzene rings is 1. The minimum atomic E-state index is -4.57. The molecular weight excluding hydrogens is 305 g/mol. The lowest BCUT2D eigenvalue weighted by atomic mass is 10.1. The summed E-state index contributed by atoms with van der Waals surface area (Å²) in [7, 11) is -0.954. The molecule has 1 amide bonds. The van der Waals surface area contributed by atoms with Crippen molar-refractivity contribution in [1.82, 2.24) is 0 Å². The van der Waals surface area contributed by atoms with E-state index in [0.29, 0.717) is 17.9 Å². The maximum absolute atomic E-state index is 12.7. The molecule has 4 nitrogen and oxygen atoms in total. The second kappa shape index (κ2) is 7.44. The Morgan fingerprint density at radius 1 is 1.38 bits per heavy atom. The molecule has 0 aliphatic rings. The van der Waals surface area contributed by atoms with Gasteiger partial charge >= 0.3 is 6.18 Å². The van der Waals surface area contributed by atoms with Gasteiger partial charge in [-0.3, -0.25) is 9.00 Å². The highest BCUT2D eigenvalue weighted by Gasteiger charge is 2.33. The Labute approximate surface area is 123 Å². The molecule has 21 heavy (non-hydrogen) atoms. The number of amides is 1. The summed E-state index contributed by atoms with van der Waals surface area (Å²) in [5, 5.41) is 2.38. The Morgan fingerprint density at radius 2 is 2.05 bits per heavy atom. The van der Waals surface area contributed by atoms with E-state index >= 15 is 0 Å². The number of rotatable bonds is 6. The van der Waals surface area contributed by atoms with Gasteiger partial charge in [0.2, 0.25) is 5.91 Å². The first-order valence-corrected chi connectivity index (χ1v) is 7.84. The van der Waals surface area contributed by atoms with E-state index in [0.717, 1.165) is 12.1 Å². The molecule has 1 aromatic carbocycles. The summed E-state index contributed by atoms with van der Waals surface area (Å²) in [6.45, 7) is 1.78. The lowest BCUT2D eigenvalue weighted by Gasteiger charge is -2.12. The molecule has 0 saturated heterocycles. The zero-order chi connectivity index (χ0) is 16.0. The summed E-state index contributed by atoms with van der Waals surface area (Å²) in [6, 6.07) is 3.22. The van der Waals surface area contributed by atoms with Crippen molar-refractivity contribution in [2.24, 2.45) is 0 Å². The summed E-state index contributed by atoms with van der Waals surface area (Å²) in [5.74, 6) is 0.509. The third-order valence-corrected chi connectivity index (χ3v) is 4.13. The molecule has 0 radical (unpaired) electrons. The highest BCUT2D eigenvalue weighted by atomic mass is 32.2. The third-order valence-electron chi connectivity index (χ3n) is 2.74. The fourth-order valence-corrected chi connectivity index (χ4v) is 2.40. The molecular formula is C13H17F3N2O2S. The largest absolute Gasteiger partial charge is 0.418 e.